The quantitative estimate of drug-likeness (QED) is 0.836. The first-order valence-corrected chi connectivity index (χ1v) is 9.01. The average Bonchev–Trinajstić information content (AvgIpc) is 3.04. The summed E-state index contributed by atoms with van der Waals surface area (Å²) < 4.78 is 31.4. The molecule has 1 aromatic heterocycles. The monoisotopic (exact) mass is 369 g/mol. The normalized spacial score (nSPS) is 31.5. The number of halogens is 1. The molecule has 7 heteroatoms. The highest BCUT2D eigenvalue weighted by molar-refractivity contribution is 5.75. The smallest absolute Gasteiger partial charge is 0.283 e. The zero-order valence-corrected chi connectivity index (χ0v) is 14.9. The Kier molecular flexibility index (Phi) is 3.46. The molecule has 1 saturated heterocycles. The fourth-order valence-electron chi connectivity index (χ4n) is 4.50. The Bertz CT molecular complexity index is 950. The van der Waals surface area contributed by atoms with Crippen LogP contribution < -0.4 is 10.5 Å². The number of hydrogen-bond acceptors (Lipinski definition) is 6. The van der Waals surface area contributed by atoms with Gasteiger partial charge in [0.25, 0.3) is 6.02 Å². The Labute approximate surface area is 156 Å². The van der Waals surface area contributed by atoms with Gasteiger partial charge in [-0.05, 0) is 30.7 Å². The van der Waals surface area contributed by atoms with E-state index in [4.69, 9.17) is 24.9 Å². The molecule has 0 saturated carbocycles. The molecular formula is C20H20FN3O3. The number of nitrogens with two attached hydrogens (primary N) is 1. The Morgan fingerprint density at radius 2 is 2.11 bits per heavy atom. The zero-order valence-electron chi connectivity index (χ0n) is 14.9. The standard InChI is InChI=1S/C20H20FN3O3/c1-19-4-5-25-10-17(19)20(11-26-18(22)24-20)15-7-12(2-3-16(15)27-19)13-6-14(21)9-23-8-13/h2-3,6-9,17H,4-5,10-11H2,1H3,(H2,22,24)/t17-,19-,20-/m0/s1. The van der Waals surface area contributed by atoms with Crippen molar-refractivity contribution in [3.05, 3.63) is 48.0 Å². The van der Waals surface area contributed by atoms with Crippen molar-refractivity contribution < 1.29 is 18.6 Å². The molecule has 2 aromatic rings. The number of benzene rings is 1. The van der Waals surface area contributed by atoms with Crippen molar-refractivity contribution in [2.24, 2.45) is 16.6 Å². The molecule has 3 atom stereocenters. The first kappa shape index (κ1) is 16.5. The van der Waals surface area contributed by atoms with Crippen molar-refractivity contribution in [3.63, 3.8) is 0 Å². The van der Waals surface area contributed by atoms with E-state index >= 15 is 0 Å². The molecule has 0 radical (unpaired) electrons. The van der Waals surface area contributed by atoms with Gasteiger partial charge in [0.05, 0.1) is 25.3 Å². The summed E-state index contributed by atoms with van der Waals surface area (Å²) in [6, 6.07) is 7.44. The predicted molar refractivity (Wildman–Crippen MR) is 96.8 cm³/mol. The van der Waals surface area contributed by atoms with Crippen molar-refractivity contribution in [2.75, 3.05) is 19.8 Å². The minimum absolute atomic E-state index is 0.0341. The number of fused-ring (bicyclic) bond motifs is 4. The second kappa shape index (κ2) is 5.66. The Morgan fingerprint density at radius 3 is 2.89 bits per heavy atom. The molecular weight excluding hydrogens is 349 g/mol. The molecule has 0 amide bonds. The van der Waals surface area contributed by atoms with Gasteiger partial charge >= 0.3 is 0 Å². The molecule has 6 nitrogen and oxygen atoms in total. The minimum Gasteiger partial charge on any atom is -0.487 e. The predicted octanol–water partition coefficient (Wildman–Crippen LogP) is 2.62. The molecule has 5 rings (SSSR count). The number of amidine groups is 1. The van der Waals surface area contributed by atoms with Crippen LogP contribution in [-0.2, 0) is 15.0 Å². The van der Waals surface area contributed by atoms with Crippen LogP contribution in [0.2, 0.25) is 0 Å². The molecule has 0 bridgehead atoms. The summed E-state index contributed by atoms with van der Waals surface area (Å²) in [6.07, 6.45) is 3.59. The maximum atomic E-state index is 13.6. The van der Waals surface area contributed by atoms with Crippen LogP contribution in [0.15, 0.2) is 41.7 Å². The van der Waals surface area contributed by atoms with Crippen molar-refractivity contribution in [1.82, 2.24) is 4.98 Å². The molecule has 2 N–H and O–H groups in total. The number of pyridine rings is 1. The molecule has 140 valence electrons. The summed E-state index contributed by atoms with van der Waals surface area (Å²) in [7, 11) is 0. The van der Waals surface area contributed by atoms with Gasteiger partial charge in [0.15, 0.2) is 0 Å². The van der Waals surface area contributed by atoms with Gasteiger partial charge in [-0.25, -0.2) is 9.38 Å². The maximum absolute atomic E-state index is 13.6. The van der Waals surface area contributed by atoms with Gasteiger partial charge in [-0.2, -0.15) is 0 Å². The molecule has 3 aliphatic heterocycles. The van der Waals surface area contributed by atoms with Crippen molar-refractivity contribution in [1.29, 1.82) is 0 Å². The van der Waals surface area contributed by atoms with Crippen LogP contribution >= 0.6 is 0 Å². The summed E-state index contributed by atoms with van der Waals surface area (Å²) in [5.41, 5.74) is 7.25. The van der Waals surface area contributed by atoms with Crippen molar-refractivity contribution in [3.8, 4) is 16.9 Å². The number of rotatable bonds is 1. The summed E-state index contributed by atoms with van der Waals surface area (Å²) in [5.74, 6) is 0.343. The SMILES string of the molecule is C[C@]12CCOC[C@@H]1[C@]1(COC(N)=N1)c1cc(-c3cncc(F)c3)ccc1O2. The molecule has 4 heterocycles. The third-order valence-corrected chi connectivity index (χ3v) is 5.92. The summed E-state index contributed by atoms with van der Waals surface area (Å²) in [5, 5.41) is 0. The Balaban J connectivity index is 1.70. The molecule has 1 aromatic carbocycles. The van der Waals surface area contributed by atoms with E-state index in [9.17, 15) is 4.39 Å². The molecule has 0 unspecified atom stereocenters. The maximum Gasteiger partial charge on any atom is 0.283 e. The topological polar surface area (TPSA) is 79.0 Å². The number of aromatic nitrogens is 1. The second-order valence-corrected chi connectivity index (χ2v) is 7.56. The van der Waals surface area contributed by atoms with Crippen LogP contribution in [0, 0.1) is 11.7 Å². The van der Waals surface area contributed by atoms with E-state index in [-0.39, 0.29) is 17.8 Å². The summed E-state index contributed by atoms with van der Waals surface area (Å²) in [4.78, 5) is 8.68. The van der Waals surface area contributed by atoms with E-state index in [1.54, 1.807) is 6.20 Å². The fourth-order valence-corrected chi connectivity index (χ4v) is 4.50. The van der Waals surface area contributed by atoms with E-state index < -0.39 is 11.1 Å². The largest absolute Gasteiger partial charge is 0.487 e. The van der Waals surface area contributed by atoms with Crippen LogP contribution in [0.4, 0.5) is 4.39 Å². The van der Waals surface area contributed by atoms with E-state index in [1.807, 2.05) is 18.2 Å². The van der Waals surface area contributed by atoms with Gasteiger partial charge < -0.3 is 19.9 Å². The highest BCUT2D eigenvalue weighted by Crippen LogP contribution is 2.54. The highest BCUT2D eigenvalue weighted by atomic mass is 19.1. The van der Waals surface area contributed by atoms with Crippen LogP contribution in [0.3, 0.4) is 0 Å². The van der Waals surface area contributed by atoms with Gasteiger partial charge in [0.2, 0.25) is 0 Å². The number of ether oxygens (including phenoxy) is 3. The number of hydrogen-bond donors (Lipinski definition) is 1. The molecule has 1 spiro atoms. The second-order valence-electron chi connectivity index (χ2n) is 7.56. The first-order chi connectivity index (χ1) is 13.0. The van der Waals surface area contributed by atoms with Crippen LogP contribution in [-0.4, -0.2) is 36.4 Å². The third kappa shape index (κ3) is 2.41. The Morgan fingerprint density at radius 1 is 1.22 bits per heavy atom. The molecule has 0 aliphatic carbocycles. The molecule has 1 fully saturated rings. The van der Waals surface area contributed by atoms with Crippen LogP contribution in [0.25, 0.3) is 11.1 Å². The minimum atomic E-state index is -0.677. The molecule has 27 heavy (non-hydrogen) atoms. The number of aliphatic imine (C=N–C) groups is 1. The van der Waals surface area contributed by atoms with Gasteiger partial charge in [-0.15, -0.1) is 0 Å². The molecule has 3 aliphatic rings. The van der Waals surface area contributed by atoms with Gasteiger partial charge in [0, 0.05) is 23.7 Å². The third-order valence-electron chi connectivity index (χ3n) is 5.92. The van der Waals surface area contributed by atoms with Gasteiger partial charge in [-0.1, -0.05) is 6.07 Å². The fraction of sp³-hybridized carbons (Fsp3) is 0.400. The highest BCUT2D eigenvalue weighted by Gasteiger charge is 2.59. The van der Waals surface area contributed by atoms with Crippen LogP contribution in [0.1, 0.15) is 18.9 Å². The van der Waals surface area contributed by atoms with Crippen molar-refractivity contribution in [2.45, 2.75) is 24.5 Å². The lowest BCUT2D eigenvalue weighted by atomic mass is 9.66. The van der Waals surface area contributed by atoms with E-state index in [0.717, 1.165) is 23.3 Å². The zero-order chi connectivity index (χ0) is 18.6. The lowest BCUT2D eigenvalue weighted by Crippen LogP contribution is -2.59. The van der Waals surface area contributed by atoms with Gasteiger partial charge in [-0.3, -0.25) is 4.98 Å². The summed E-state index contributed by atoms with van der Waals surface area (Å²) in [6.45, 7) is 3.59. The van der Waals surface area contributed by atoms with Crippen LogP contribution in [0.5, 0.6) is 5.75 Å². The summed E-state index contributed by atoms with van der Waals surface area (Å²) >= 11 is 0. The average molecular weight is 369 g/mol. The van der Waals surface area contributed by atoms with E-state index in [2.05, 4.69) is 11.9 Å². The lowest BCUT2D eigenvalue weighted by Gasteiger charge is -2.52. The van der Waals surface area contributed by atoms with E-state index in [0.29, 0.717) is 25.4 Å². The van der Waals surface area contributed by atoms with Crippen molar-refractivity contribution >= 4 is 6.02 Å². The Hall–Kier alpha value is -2.67. The van der Waals surface area contributed by atoms with E-state index in [1.165, 1.54) is 12.3 Å². The lowest BCUT2D eigenvalue weighted by molar-refractivity contribution is -0.129. The first-order valence-electron chi connectivity index (χ1n) is 9.01. The number of nitrogens with zero attached hydrogens (tertiary/aromatic N) is 2. The van der Waals surface area contributed by atoms with Gasteiger partial charge in [0.1, 0.15) is 29.3 Å².